The van der Waals surface area contributed by atoms with Crippen LogP contribution in [0.4, 0.5) is 5.82 Å². The van der Waals surface area contributed by atoms with Crippen molar-refractivity contribution in [2.24, 2.45) is 0 Å². The number of hydrogen-bond donors (Lipinski definition) is 1. The van der Waals surface area contributed by atoms with Crippen LogP contribution >= 0.6 is 11.6 Å². The maximum absolute atomic E-state index is 5.72. The quantitative estimate of drug-likeness (QED) is 0.787. The van der Waals surface area contributed by atoms with Crippen molar-refractivity contribution in [3.8, 4) is 5.75 Å². The summed E-state index contributed by atoms with van der Waals surface area (Å²) in [5, 5.41) is 3.32. The summed E-state index contributed by atoms with van der Waals surface area (Å²) in [7, 11) is 1.63. The topological polar surface area (TPSA) is 34.1 Å². The largest absolute Gasteiger partial charge is 0.495 e. The number of alkyl halides is 1. The molecule has 1 rings (SSSR count). The molecular weight excluding hydrogens is 212 g/mol. The zero-order valence-electron chi connectivity index (χ0n) is 9.38. The molecule has 0 aliphatic carbocycles. The summed E-state index contributed by atoms with van der Waals surface area (Å²) in [4.78, 5) is 4.24. The highest BCUT2D eigenvalue weighted by Gasteiger charge is 2.16. The first-order valence-electron chi connectivity index (χ1n) is 4.91. The van der Waals surface area contributed by atoms with E-state index in [1.807, 2.05) is 12.1 Å². The zero-order chi connectivity index (χ0) is 11.3. The van der Waals surface area contributed by atoms with Gasteiger partial charge in [-0.2, -0.15) is 0 Å². The molecule has 0 saturated carbocycles. The monoisotopic (exact) mass is 228 g/mol. The minimum atomic E-state index is -0.0384. The van der Waals surface area contributed by atoms with Gasteiger partial charge in [-0.3, -0.25) is 0 Å². The second kappa shape index (κ2) is 5.21. The molecule has 3 nitrogen and oxygen atoms in total. The Morgan fingerprint density at radius 3 is 2.67 bits per heavy atom. The lowest BCUT2D eigenvalue weighted by Crippen LogP contribution is -2.31. The van der Waals surface area contributed by atoms with Crippen molar-refractivity contribution in [2.75, 3.05) is 18.3 Å². The van der Waals surface area contributed by atoms with Gasteiger partial charge in [0.25, 0.3) is 0 Å². The lowest BCUT2D eigenvalue weighted by Gasteiger charge is -2.25. The first-order valence-corrected chi connectivity index (χ1v) is 5.45. The number of halogens is 1. The van der Waals surface area contributed by atoms with E-state index in [2.05, 4.69) is 24.1 Å². The van der Waals surface area contributed by atoms with Crippen LogP contribution < -0.4 is 10.1 Å². The van der Waals surface area contributed by atoms with Crippen molar-refractivity contribution < 1.29 is 4.74 Å². The van der Waals surface area contributed by atoms with E-state index in [1.165, 1.54) is 0 Å². The predicted octanol–water partition coefficient (Wildman–Crippen LogP) is 2.91. The molecular formula is C11H17ClN2O. The molecule has 0 bridgehead atoms. The number of methoxy groups -OCH3 is 1. The van der Waals surface area contributed by atoms with Gasteiger partial charge in [0.15, 0.2) is 0 Å². The zero-order valence-corrected chi connectivity index (χ0v) is 10.1. The van der Waals surface area contributed by atoms with Crippen LogP contribution in [0, 0.1) is 0 Å². The van der Waals surface area contributed by atoms with Gasteiger partial charge in [-0.05, 0) is 32.4 Å². The Kier molecular flexibility index (Phi) is 4.21. The van der Waals surface area contributed by atoms with Crippen molar-refractivity contribution in [3.05, 3.63) is 18.3 Å². The molecule has 0 amide bonds. The van der Waals surface area contributed by atoms with Crippen molar-refractivity contribution in [3.63, 3.8) is 0 Å². The van der Waals surface area contributed by atoms with Crippen LogP contribution in [0.2, 0.25) is 0 Å². The Labute approximate surface area is 95.8 Å². The van der Waals surface area contributed by atoms with Gasteiger partial charge >= 0.3 is 0 Å². The molecule has 1 N–H and O–H groups in total. The molecule has 0 unspecified atom stereocenters. The number of nitrogens with zero attached hydrogens (tertiary/aromatic N) is 1. The van der Waals surface area contributed by atoms with E-state index >= 15 is 0 Å². The molecule has 0 fully saturated rings. The molecule has 0 aliphatic rings. The van der Waals surface area contributed by atoms with Crippen LogP contribution in [0.25, 0.3) is 0 Å². The summed E-state index contributed by atoms with van der Waals surface area (Å²) in [5.74, 6) is 2.23. The van der Waals surface area contributed by atoms with Gasteiger partial charge in [0, 0.05) is 11.4 Å². The molecule has 4 heteroatoms. The molecule has 1 heterocycles. The lowest BCUT2D eigenvalue weighted by atomic mass is 10.0. The number of nitrogens with one attached hydrogen (secondary N) is 1. The third-order valence-electron chi connectivity index (χ3n) is 2.16. The summed E-state index contributed by atoms with van der Waals surface area (Å²) in [6.07, 6.45) is 2.58. The lowest BCUT2D eigenvalue weighted by molar-refractivity contribution is 0.413. The van der Waals surface area contributed by atoms with E-state index in [0.29, 0.717) is 5.88 Å². The van der Waals surface area contributed by atoms with Crippen LogP contribution in [0.3, 0.4) is 0 Å². The highest BCUT2D eigenvalue weighted by Crippen LogP contribution is 2.18. The van der Waals surface area contributed by atoms with E-state index in [0.717, 1.165) is 18.0 Å². The van der Waals surface area contributed by atoms with Crippen LogP contribution in [0.5, 0.6) is 5.75 Å². The third-order valence-corrected chi connectivity index (χ3v) is 2.35. The molecule has 1 aromatic rings. The Morgan fingerprint density at radius 1 is 1.47 bits per heavy atom. The van der Waals surface area contributed by atoms with Crippen LogP contribution in [0.1, 0.15) is 20.3 Å². The first kappa shape index (κ1) is 12.1. The number of pyridine rings is 1. The van der Waals surface area contributed by atoms with E-state index < -0.39 is 0 Å². The fraction of sp³-hybridized carbons (Fsp3) is 0.545. The minimum Gasteiger partial charge on any atom is -0.495 e. The molecule has 0 radical (unpaired) electrons. The van der Waals surface area contributed by atoms with Crippen LogP contribution in [-0.2, 0) is 0 Å². The number of hydrogen-bond acceptors (Lipinski definition) is 3. The van der Waals surface area contributed by atoms with Crippen molar-refractivity contribution >= 4 is 17.4 Å². The smallest absolute Gasteiger partial charge is 0.137 e. The summed E-state index contributed by atoms with van der Waals surface area (Å²) in [6.45, 7) is 4.20. The standard InChI is InChI=1S/C11H17ClN2O/c1-11(2,6-7-12)14-10-5-4-9(15-3)8-13-10/h4-5,8H,6-7H2,1-3H3,(H,13,14). The maximum atomic E-state index is 5.72. The molecule has 84 valence electrons. The Hall–Kier alpha value is -0.960. The number of rotatable bonds is 5. The van der Waals surface area contributed by atoms with Gasteiger partial charge < -0.3 is 10.1 Å². The average Bonchev–Trinajstić information content (AvgIpc) is 2.18. The summed E-state index contributed by atoms with van der Waals surface area (Å²) in [5.41, 5.74) is -0.0384. The summed E-state index contributed by atoms with van der Waals surface area (Å²) >= 11 is 5.72. The van der Waals surface area contributed by atoms with Gasteiger partial charge in [0.1, 0.15) is 11.6 Å². The van der Waals surface area contributed by atoms with Crippen molar-refractivity contribution in [1.29, 1.82) is 0 Å². The first-order chi connectivity index (χ1) is 7.07. The Balaban J connectivity index is 2.64. The third kappa shape index (κ3) is 3.96. The second-order valence-electron chi connectivity index (χ2n) is 4.03. The van der Waals surface area contributed by atoms with Gasteiger partial charge in [-0.25, -0.2) is 4.98 Å². The van der Waals surface area contributed by atoms with Gasteiger partial charge in [-0.15, -0.1) is 11.6 Å². The SMILES string of the molecule is COc1ccc(NC(C)(C)CCCl)nc1. The van der Waals surface area contributed by atoms with E-state index in [4.69, 9.17) is 16.3 Å². The molecule has 0 spiro atoms. The molecule has 0 saturated heterocycles. The van der Waals surface area contributed by atoms with E-state index in [1.54, 1.807) is 13.3 Å². The number of aromatic nitrogens is 1. The highest BCUT2D eigenvalue weighted by atomic mass is 35.5. The van der Waals surface area contributed by atoms with Crippen LogP contribution in [0.15, 0.2) is 18.3 Å². The predicted molar refractivity (Wildman–Crippen MR) is 63.8 cm³/mol. The minimum absolute atomic E-state index is 0.0384. The number of anilines is 1. The van der Waals surface area contributed by atoms with E-state index in [-0.39, 0.29) is 5.54 Å². The van der Waals surface area contributed by atoms with Crippen molar-refractivity contribution in [2.45, 2.75) is 25.8 Å². The average molecular weight is 229 g/mol. The highest BCUT2D eigenvalue weighted by molar-refractivity contribution is 6.17. The molecule has 0 aliphatic heterocycles. The van der Waals surface area contributed by atoms with E-state index in [9.17, 15) is 0 Å². The summed E-state index contributed by atoms with van der Waals surface area (Å²) < 4.78 is 5.04. The van der Waals surface area contributed by atoms with Crippen molar-refractivity contribution in [1.82, 2.24) is 4.98 Å². The Bertz CT molecular complexity index is 298. The summed E-state index contributed by atoms with van der Waals surface area (Å²) in [6, 6.07) is 3.78. The normalized spacial score (nSPS) is 11.2. The van der Waals surface area contributed by atoms with Crippen LogP contribution in [-0.4, -0.2) is 23.5 Å². The molecule has 0 aromatic carbocycles. The molecule has 0 atom stereocenters. The fourth-order valence-electron chi connectivity index (χ4n) is 1.22. The molecule has 1 aromatic heterocycles. The van der Waals surface area contributed by atoms with Gasteiger partial charge in [0.2, 0.25) is 0 Å². The molecule has 15 heavy (non-hydrogen) atoms. The maximum Gasteiger partial charge on any atom is 0.137 e. The van der Waals surface area contributed by atoms with Gasteiger partial charge in [-0.1, -0.05) is 0 Å². The number of ether oxygens (including phenoxy) is 1. The fourth-order valence-corrected chi connectivity index (χ4v) is 1.69. The van der Waals surface area contributed by atoms with Gasteiger partial charge in [0.05, 0.1) is 13.3 Å². The second-order valence-corrected chi connectivity index (χ2v) is 4.41. The Morgan fingerprint density at radius 2 is 2.20 bits per heavy atom.